The molecule has 1 aromatic heterocycles. The molecule has 2 aromatic carbocycles. The minimum atomic E-state index is -3.71. The Kier molecular flexibility index (Phi) is 4.36. The Hall–Kier alpha value is -3.20. The molecule has 0 radical (unpaired) electrons. The van der Waals surface area contributed by atoms with Gasteiger partial charge in [0, 0.05) is 17.8 Å². The summed E-state index contributed by atoms with van der Waals surface area (Å²) in [5, 5.41) is 6.79. The van der Waals surface area contributed by atoms with Gasteiger partial charge in [-0.15, -0.1) is 0 Å². The first-order chi connectivity index (χ1) is 13.0. The highest BCUT2D eigenvalue weighted by atomic mass is 32.2. The summed E-state index contributed by atoms with van der Waals surface area (Å²) < 4.78 is 29.6. The summed E-state index contributed by atoms with van der Waals surface area (Å²) in [4.78, 5) is 15.5. The number of anilines is 2. The maximum Gasteiger partial charge on any atom is 0.261 e. The van der Waals surface area contributed by atoms with Gasteiger partial charge in [0.1, 0.15) is 12.7 Å². The van der Waals surface area contributed by atoms with Gasteiger partial charge in [-0.25, -0.2) is 18.1 Å². The second kappa shape index (κ2) is 6.84. The number of carbonyl (C=O) groups is 1. The molecule has 0 fully saturated rings. The molecule has 1 aliphatic heterocycles. The summed E-state index contributed by atoms with van der Waals surface area (Å²) in [6.45, 7) is 0.559. The highest BCUT2D eigenvalue weighted by Crippen LogP contribution is 2.26. The number of aryl methyl sites for hydroxylation is 1. The van der Waals surface area contributed by atoms with Gasteiger partial charge in [0.25, 0.3) is 10.0 Å². The number of hydrogen-bond acceptors (Lipinski definition) is 5. The SMILES string of the molecule is O=C1CCc2cc(S(=O)(=O)Nc3ccc(Cn4cncn4)cc3)ccc2N1. The summed E-state index contributed by atoms with van der Waals surface area (Å²) >= 11 is 0. The molecular formula is C18H17N5O3S. The summed E-state index contributed by atoms with van der Waals surface area (Å²) in [5.41, 5.74) is 2.94. The van der Waals surface area contributed by atoms with Crippen molar-refractivity contribution in [3.63, 3.8) is 0 Å². The quantitative estimate of drug-likeness (QED) is 0.701. The molecule has 9 heteroatoms. The minimum absolute atomic E-state index is 0.0535. The number of nitrogens with one attached hydrogen (secondary N) is 2. The molecule has 0 saturated heterocycles. The zero-order valence-corrected chi connectivity index (χ0v) is 15.1. The number of nitrogens with zero attached hydrogens (tertiary/aromatic N) is 3. The van der Waals surface area contributed by atoms with Gasteiger partial charge in [0.15, 0.2) is 0 Å². The van der Waals surface area contributed by atoms with E-state index in [2.05, 4.69) is 20.1 Å². The van der Waals surface area contributed by atoms with E-state index < -0.39 is 10.0 Å². The molecule has 0 saturated carbocycles. The zero-order valence-electron chi connectivity index (χ0n) is 14.3. The molecule has 1 aliphatic rings. The summed E-state index contributed by atoms with van der Waals surface area (Å²) in [6, 6.07) is 11.8. The van der Waals surface area contributed by atoms with Crippen molar-refractivity contribution in [2.45, 2.75) is 24.3 Å². The van der Waals surface area contributed by atoms with E-state index in [1.54, 1.807) is 35.3 Å². The van der Waals surface area contributed by atoms with Crippen LogP contribution in [0.15, 0.2) is 60.0 Å². The average Bonchev–Trinajstić information content (AvgIpc) is 3.15. The van der Waals surface area contributed by atoms with Crippen LogP contribution in [0, 0.1) is 0 Å². The smallest absolute Gasteiger partial charge is 0.261 e. The van der Waals surface area contributed by atoms with Crippen LogP contribution in [0.4, 0.5) is 11.4 Å². The zero-order chi connectivity index (χ0) is 18.9. The van der Waals surface area contributed by atoms with Crippen molar-refractivity contribution in [3.05, 3.63) is 66.2 Å². The van der Waals surface area contributed by atoms with Crippen molar-refractivity contribution < 1.29 is 13.2 Å². The van der Waals surface area contributed by atoms with Gasteiger partial charge < -0.3 is 5.32 Å². The minimum Gasteiger partial charge on any atom is -0.326 e. The van der Waals surface area contributed by atoms with Gasteiger partial charge in [0.05, 0.1) is 11.4 Å². The van der Waals surface area contributed by atoms with Gasteiger partial charge >= 0.3 is 0 Å². The fraction of sp³-hybridized carbons (Fsp3) is 0.167. The van der Waals surface area contributed by atoms with Crippen LogP contribution in [0.1, 0.15) is 17.5 Å². The number of hydrogen-bond donors (Lipinski definition) is 2. The fourth-order valence-electron chi connectivity index (χ4n) is 2.92. The largest absolute Gasteiger partial charge is 0.326 e. The first-order valence-electron chi connectivity index (χ1n) is 8.36. The lowest BCUT2D eigenvalue weighted by atomic mass is 10.0. The molecule has 4 rings (SSSR count). The molecule has 2 N–H and O–H groups in total. The molecule has 0 bridgehead atoms. The molecule has 138 valence electrons. The second-order valence-corrected chi connectivity index (χ2v) is 7.95. The Balaban J connectivity index is 1.50. The first-order valence-corrected chi connectivity index (χ1v) is 9.85. The van der Waals surface area contributed by atoms with E-state index in [0.29, 0.717) is 30.8 Å². The van der Waals surface area contributed by atoms with Crippen LogP contribution in [0.2, 0.25) is 0 Å². The van der Waals surface area contributed by atoms with Crippen molar-refractivity contribution in [1.82, 2.24) is 14.8 Å². The van der Waals surface area contributed by atoms with Crippen molar-refractivity contribution in [2.24, 2.45) is 0 Å². The fourth-order valence-corrected chi connectivity index (χ4v) is 4.03. The van der Waals surface area contributed by atoms with Crippen LogP contribution in [0.5, 0.6) is 0 Å². The Labute approximate surface area is 156 Å². The van der Waals surface area contributed by atoms with Crippen LogP contribution >= 0.6 is 0 Å². The number of rotatable bonds is 5. The van der Waals surface area contributed by atoms with Crippen LogP contribution in [0.3, 0.4) is 0 Å². The number of carbonyl (C=O) groups excluding carboxylic acids is 1. The number of aromatic nitrogens is 3. The van der Waals surface area contributed by atoms with E-state index in [0.717, 1.165) is 11.1 Å². The van der Waals surface area contributed by atoms with Crippen molar-refractivity contribution in [2.75, 3.05) is 10.0 Å². The highest BCUT2D eigenvalue weighted by Gasteiger charge is 2.20. The third kappa shape index (κ3) is 3.82. The Bertz CT molecular complexity index is 1080. The number of benzene rings is 2. The predicted molar refractivity (Wildman–Crippen MR) is 99.8 cm³/mol. The molecule has 0 atom stereocenters. The van der Waals surface area contributed by atoms with Crippen molar-refractivity contribution >= 4 is 27.3 Å². The van der Waals surface area contributed by atoms with Gasteiger partial charge in [-0.3, -0.25) is 9.52 Å². The van der Waals surface area contributed by atoms with Crippen LogP contribution in [-0.2, 0) is 27.8 Å². The lowest BCUT2D eigenvalue weighted by Crippen LogP contribution is -2.20. The molecule has 0 unspecified atom stereocenters. The normalized spacial score (nSPS) is 13.7. The molecule has 0 aliphatic carbocycles. The molecule has 8 nitrogen and oxygen atoms in total. The molecule has 0 spiro atoms. The van der Waals surface area contributed by atoms with E-state index >= 15 is 0 Å². The van der Waals surface area contributed by atoms with E-state index in [-0.39, 0.29) is 10.8 Å². The van der Waals surface area contributed by atoms with E-state index in [4.69, 9.17) is 0 Å². The average molecular weight is 383 g/mol. The second-order valence-electron chi connectivity index (χ2n) is 6.26. The van der Waals surface area contributed by atoms with Crippen molar-refractivity contribution in [3.8, 4) is 0 Å². The van der Waals surface area contributed by atoms with E-state index in [1.807, 2.05) is 12.1 Å². The van der Waals surface area contributed by atoms with Crippen LogP contribution < -0.4 is 10.0 Å². The summed E-state index contributed by atoms with van der Waals surface area (Å²) in [6.07, 6.45) is 3.97. The lowest BCUT2D eigenvalue weighted by molar-refractivity contribution is -0.116. The van der Waals surface area contributed by atoms with Crippen LogP contribution in [0.25, 0.3) is 0 Å². The predicted octanol–water partition coefficient (Wildman–Crippen LogP) is 2.01. The summed E-state index contributed by atoms with van der Waals surface area (Å²) in [5.74, 6) is -0.0535. The number of fused-ring (bicyclic) bond motifs is 1. The summed E-state index contributed by atoms with van der Waals surface area (Å²) in [7, 11) is -3.71. The maximum absolute atomic E-state index is 12.7. The van der Waals surface area contributed by atoms with Gasteiger partial charge in [0.2, 0.25) is 5.91 Å². The standard InChI is InChI=1S/C18H17N5O3S/c24-18-8-3-14-9-16(6-7-17(14)21-18)27(25,26)22-15-4-1-13(2-5-15)10-23-12-19-11-20-23/h1-2,4-7,9,11-12,22H,3,8,10H2,(H,21,24). The molecule has 27 heavy (non-hydrogen) atoms. The van der Waals surface area contributed by atoms with E-state index in [1.165, 1.54) is 12.4 Å². The van der Waals surface area contributed by atoms with E-state index in [9.17, 15) is 13.2 Å². The highest BCUT2D eigenvalue weighted by molar-refractivity contribution is 7.92. The Morgan fingerprint density at radius 2 is 1.93 bits per heavy atom. The van der Waals surface area contributed by atoms with Gasteiger partial charge in [-0.05, 0) is 47.9 Å². The third-order valence-corrected chi connectivity index (χ3v) is 5.68. The first kappa shape index (κ1) is 17.2. The Morgan fingerprint density at radius 1 is 1.11 bits per heavy atom. The molecular weight excluding hydrogens is 366 g/mol. The van der Waals surface area contributed by atoms with Gasteiger partial charge in [-0.1, -0.05) is 12.1 Å². The van der Waals surface area contributed by atoms with Crippen molar-refractivity contribution in [1.29, 1.82) is 0 Å². The topological polar surface area (TPSA) is 106 Å². The monoisotopic (exact) mass is 383 g/mol. The van der Waals surface area contributed by atoms with Crippen LogP contribution in [-0.4, -0.2) is 29.1 Å². The molecule has 1 amide bonds. The van der Waals surface area contributed by atoms with Gasteiger partial charge in [-0.2, -0.15) is 5.10 Å². The maximum atomic E-state index is 12.7. The number of sulfonamides is 1. The molecule has 3 aromatic rings. The molecule has 2 heterocycles. The lowest BCUT2D eigenvalue weighted by Gasteiger charge is -2.18. The third-order valence-electron chi connectivity index (χ3n) is 4.30. The Morgan fingerprint density at radius 3 is 2.67 bits per heavy atom. The number of amides is 1.